The predicted octanol–water partition coefficient (Wildman–Crippen LogP) is 3.12. The van der Waals surface area contributed by atoms with Crippen LogP contribution in [-0.2, 0) is 11.2 Å². The standard InChI is InChI=1S/C21H23ClN2O5/c1-12-6-7-16(27-2)19-14(12)5-4-8-24(19)21(26)13-9-15(22)20(17(10-13)28-3)29-11-18(23)25/h6-7,9-10H,4-5,8,11H2,1-3H3,(H2,23,25). The summed E-state index contributed by atoms with van der Waals surface area (Å²) in [5.41, 5.74) is 8.46. The Labute approximate surface area is 174 Å². The lowest BCUT2D eigenvalue weighted by Crippen LogP contribution is -2.36. The van der Waals surface area contributed by atoms with E-state index in [0.717, 1.165) is 29.7 Å². The Morgan fingerprint density at radius 1 is 1.17 bits per heavy atom. The van der Waals surface area contributed by atoms with Crippen molar-refractivity contribution in [2.75, 3.05) is 32.3 Å². The van der Waals surface area contributed by atoms with Crippen LogP contribution in [0.5, 0.6) is 17.2 Å². The van der Waals surface area contributed by atoms with Crippen molar-refractivity contribution in [2.45, 2.75) is 19.8 Å². The molecule has 7 nitrogen and oxygen atoms in total. The quantitative estimate of drug-likeness (QED) is 0.778. The first-order valence-electron chi connectivity index (χ1n) is 9.14. The van der Waals surface area contributed by atoms with Crippen molar-refractivity contribution in [3.8, 4) is 17.2 Å². The number of fused-ring (bicyclic) bond motifs is 1. The van der Waals surface area contributed by atoms with Crippen molar-refractivity contribution in [2.24, 2.45) is 5.73 Å². The summed E-state index contributed by atoms with van der Waals surface area (Å²) >= 11 is 6.31. The van der Waals surface area contributed by atoms with E-state index < -0.39 is 5.91 Å². The summed E-state index contributed by atoms with van der Waals surface area (Å²) in [7, 11) is 3.02. The first-order chi connectivity index (χ1) is 13.9. The summed E-state index contributed by atoms with van der Waals surface area (Å²) in [4.78, 5) is 26.1. The summed E-state index contributed by atoms with van der Waals surface area (Å²) in [6.45, 7) is 2.24. The first-order valence-corrected chi connectivity index (χ1v) is 9.52. The largest absolute Gasteiger partial charge is 0.495 e. The summed E-state index contributed by atoms with van der Waals surface area (Å²) in [5, 5.41) is 0.155. The van der Waals surface area contributed by atoms with Gasteiger partial charge < -0.3 is 24.8 Å². The van der Waals surface area contributed by atoms with Gasteiger partial charge in [-0.05, 0) is 49.1 Å². The van der Waals surface area contributed by atoms with Gasteiger partial charge in [0.2, 0.25) is 0 Å². The molecule has 1 aliphatic rings. The number of methoxy groups -OCH3 is 2. The van der Waals surface area contributed by atoms with Crippen LogP contribution in [0.1, 0.15) is 27.9 Å². The highest BCUT2D eigenvalue weighted by Gasteiger charge is 2.29. The van der Waals surface area contributed by atoms with Crippen molar-refractivity contribution in [3.63, 3.8) is 0 Å². The third kappa shape index (κ3) is 4.10. The molecule has 3 rings (SSSR count). The van der Waals surface area contributed by atoms with E-state index >= 15 is 0 Å². The average Bonchev–Trinajstić information content (AvgIpc) is 2.71. The van der Waals surface area contributed by atoms with E-state index in [0.29, 0.717) is 17.9 Å². The number of nitrogens with two attached hydrogens (primary N) is 1. The number of anilines is 1. The molecule has 2 aromatic carbocycles. The number of nitrogens with zero attached hydrogens (tertiary/aromatic N) is 1. The third-order valence-electron chi connectivity index (χ3n) is 4.86. The fraction of sp³-hybridized carbons (Fsp3) is 0.333. The van der Waals surface area contributed by atoms with Crippen molar-refractivity contribution in [1.82, 2.24) is 0 Å². The van der Waals surface area contributed by atoms with Crippen LogP contribution in [0.15, 0.2) is 24.3 Å². The molecule has 0 unspecified atom stereocenters. The number of hydrogen-bond donors (Lipinski definition) is 1. The zero-order chi connectivity index (χ0) is 21.1. The number of aryl methyl sites for hydroxylation is 1. The van der Waals surface area contributed by atoms with E-state index in [1.807, 2.05) is 19.1 Å². The highest BCUT2D eigenvalue weighted by Crippen LogP contribution is 2.41. The van der Waals surface area contributed by atoms with Crippen LogP contribution in [0.4, 0.5) is 5.69 Å². The van der Waals surface area contributed by atoms with E-state index in [2.05, 4.69) is 0 Å². The molecule has 0 bridgehead atoms. The molecule has 0 fully saturated rings. The van der Waals surface area contributed by atoms with Crippen molar-refractivity contribution < 1.29 is 23.8 Å². The smallest absolute Gasteiger partial charge is 0.258 e. The Morgan fingerprint density at radius 2 is 1.90 bits per heavy atom. The summed E-state index contributed by atoms with van der Waals surface area (Å²) in [5.74, 6) is 0.192. The van der Waals surface area contributed by atoms with E-state index in [-0.39, 0.29) is 29.0 Å². The van der Waals surface area contributed by atoms with Gasteiger partial charge in [-0.15, -0.1) is 0 Å². The average molecular weight is 419 g/mol. The second-order valence-corrected chi connectivity index (χ2v) is 7.12. The predicted molar refractivity (Wildman–Crippen MR) is 110 cm³/mol. The van der Waals surface area contributed by atoms with Crippen LogP contribution >= 0.6 is 11.6 Å². The van der Waals surface area contributed by atoms with Gasteiger partial charge >= 0.3 is 0 Å². The van der Waals surface area contributed by atoms with Crippen LogP contribution in [0.25, 0.3) is 0 Å². The lowest BCUT2D eigenvalue weighted by atomic mass is 9.95. The Balaban J connectivity index is 2.01. The van der Waals surface area contributed by atoms with Crippen molar-refractivity contribution in [3.05, 3.63) is 46.0 Å². The van der Waals surface area contributed by atoms with Gasteiger partial charge in [0.05, 0.1) is 24.9 Å². The topological polar surface area (TPSA) is 91.1 Å². The zero-order valence-corrected chi connectivity index (χ0v) is 17.3. The van der Waals surface area contributed by atoms with Gasteiger partial charge in [-0.2, -0.15) is 0 Å². The van der Waals surface area contributed by atoms with Crippen LogP contribution < -0.4 is 24.8 Å². The summed E-state index contributed by atoms with van der Waals surface area (Å²) in [6.07, 6.45) is 1.73. The molecule has 0 aliphatic carbocycles. The minimum absolute atomic E-state index is 0.155. The van der Waals surface area contributed by atoms with E-state index in [9.17, 15) is 9.59 Å². The Hall–Kier alpha value is -2.93. The SMILES string of the molecule is COc1cc(C(=O)N2CCCc3c(C)ccc(OC)c32)cc(Cl)c1OCC(N)=O. The zero-order valence-electron chi connectivity index (χ0n) is 16.6. The fourth-order valence-electron chi connectivity index (χ4n) is 3.50. The molecule has 0 spiro atoms. The van der Waals surface area contributed by atoms with Crippen LogP contribution in [0, 0.1) is 6.92 Å². The minimum Gasteiger partial charge on any atom is -0.495 e. The number of primary amides is 1. The van der Waals surface area contributed by atoms with Gasteiger partial charge in [0.25, 0.3) is 11.8 Å². The fourth-order valence-corrected chi connectivity index (χ4v) is 3.77. The number of halogens is 1. The number of amides is 2. The number of carbonyl (C=O) groups is 2. The van der Waals surface area contributed by atoms with Gasteiger partial charge in [-0.3, -0.25) is 9.59 Å². The van der Waals surface area contributed by atoms with E-state index in [1.54, 1.807) is 18.1 Å². The number of rotatable bonds is 6. The molecule has 2 N–H and O–H groups in total. The van der Waals surface area contributed by atoms with Gasteiger partial charge in [-0.25, -0.2) is 0 Å². The molecule has 1 heterocycles. The molecular weight excluding hydrogens is 396 g/mol. The molecular formula is C21H23ClN2O5. The van der Waals surface area contributed by atoms with Crippen LogP contribution in [-0.4, -0.2) is 39.2 Å². The minimum atomic E-state index is -0.643. The van der Waals surface area contributed by atoms with Crippen LogP contribution in [0.2, 0.25) is 5.02 Å². The maximum absolute atomic E-state index is 13.4. The summed E-state index contributed by atoms with van der Waals surface area (Å²) in [6, 6.07) is 6.91. The van der Waals surface area contributed by atoms with Gasteiger partial charge in [-0.1, -0.05) is 17.7 Å². The molecule has 8 heteroatoms. The molecule has 0 saturated carbocycles. The molecule has 2 aromatic rings. The van der Waals surface area contributed by atoms with E-state index in [4.69, 9.17) is 31.5 Å². The summed E-state index contributed by atoms with van der Waals surface area (Å²) < 4.78 is 16.2. The monoisotopic (exact) mass is 418 g/mol. The van der Waals surface area contributed by atoms with Gasteiger partial charge in [0.1, 0.15) is 5.75 Å². The van der Waals surface area contributed by atoms with Gasteiger partial charge in [0, 0.05) is 12.1 Å². The highest BCUT2D eigenvalue weighted by molar-refractivity contribution is 6.33. The molecule has 0 atom stereocenters. The molecule has 0 saturated heterocycles. The molecule has 0 radical (unpaired) electrons. The molecule has 2 amide bonds. The number of carbonyl (C=O) groups excluding carboxylic acids is 2. The molecule has 29 heavy (non-hydrogen) atoms. The Morgan fingerprint density at radius 3 is 2.55 bits per heavy atom. The van der Waals surface area contributed by atoms with Crippen LogP contribution in [0.3, 0.4) is 0 Å². The second-order valence-electron chi connectivity index (χ2n) is 6.72. The number of ether oxygens (including phenoxy) is 3. The van der Waals surface area contributed by atoms with Crippen molar-refractivity contribution >= 4 is 29.1 Å². The maximum Gasteiger partial charge on any atom is 0.258 e. The normalized spacial score (nSPS) is 12.9. The molecule has 154 valence electrons. The third-order valence-corrected chi connectivity index (χ3v) is 5.14. The highest BCUT2D eigenvalue weighted by atomic mass is 35.5. The molecule has 0 aromatic heterocycles. The Kier molecular flexibility index (Phi) is 6.17. The first kappa shape index (κ1) is 20.8. The van der Waals surface area contributed by atoms with E-state index in [1.165, 1.54) is 13.2 Å². The maximum atomic E-state index is 13.4. The second kappa shape index (κ2) is 8.61. The Bertz CT molecular complexity index is 961. The lowest BCUT2D eigenvalue weighted by molar-refractivity contribution is -0.119. The number of benzene rings is 2. The molecule has 1 aliphatic heterocycles. The van der Waals surface area contributed by atoms with Crippen molar-refractivity contribution in [1.29, 1.82) is 0 Å². The number of hydrogen-bond acceptors (Lipinski definition) is 5. The lowest BCUT2D eigenvalue weighted by Gasteiger charge is -2.32. The van der Waals surface area contributed by atoms with Gasteiger partial charge in [0.15, 0.2) is 18.1 Å².